The van der Waals surface area contributed by atoms with Gasteiger partial charge in [-0.05, 0) is 32.6 Å². The van der Waals surface area contributed by atoms with Gasteiger partial charge in [0.05, 0.1) is 13.2 Å². The predicted octanol–water partition coefficient (Wildman–Crippen LogP) is 4.12. The molecule has 4 nitrogen and oxygen atoms in total. The fraction of sp³-hybridized carbons (Fsp3) is 0.882. The van der Waals surface area contributed by atoms with Crippen LogP contribution in [0.3, 0.4) is 0 Å². The Morgan fingerprint density at radius 2 is 1.52 bits per heavy atom. The van der Waals surface area contributed by atoms with Crippen molar-refractivity contribution in [1.29, 1.82) is 0 Å². The third kappa shape index (κ3) is 7.49. The third-order valence-electron chi connectivity index (χ3n) is 3.75. The van der Waals surface area contributed by atoms with Gasteiger partial charge in [0.1, 0.15) is 0 Å². The molecule has 0 aliphatic carbocycles. The zero-order valence-corrected chi connectivity index (χ0v) is 14.4. The molecule has 0 spiro atoms. The molecular formula is C17H32O4. The molecule has 0 saturated heterocycles. The van der Waals surface area contributed by atoms with E-state index in [1.54, 1.807) is 13.8 Å². The summed E-state index contributed by atoms with van der Waals surface area (Å²) in [5, 5.41) is 0. The van der Waals surface area contributed by atoms with Crippen LogP contribution in [-0.2, 0) is 19.1 Å². The average Bonchev–Trinajstić information content (AvgIpc) is 2.47. The first-order valence-corrected chi connectivity index (χ1v) is 8.24. The maximum Gasteiger partial charge on any atom is 0.322 e. The monoisotopic (exact) mass is 300 g/mol. The first-order chi connectivity index (χ1) is 9.89. The van der Waals surface area contributed by atoms with E-state index < -0.39 is 17.4 Å². The van der Waals surface area contributed by atoms with Crippen molar-refractivity contribution in [3.63, 3.8) is 0 Å². The molecule has 0 aliphatic rings. The van der Waals surface area contributed by atoms with Gasteiger partial charge in [0.15, 0.2) is 5.41 Å². The molecule has 0 rings (SSSR count). The van der Waals surface area contributed by atoms with Gasteiger partial charge in [0, 0.05) is 0 Å². The summed E-state index contributed by atoms with van der Waals surface area (Å²) >= 11 is 0. The Labute approximate surface area is 129 Å². The van der Waals surface area contributed by atoms with Crippen molar-refractivity contribution in [2.75, 3.05) is 13.2 Å². The van der Waals surface area contributed by atoms with Crippen LogP contribution in [0.5, 0.6) is 0 Å². The van der Waals surface area contributed by atoms with E-state index in [1.807, 2.05) is 6.92 Å². The Balaban J connectivity index is 4.30. The van der Waals surface area contributed by atoms with Gasteiger partial charge in [-0.1, -0.05) is 46.5 Å². The van der Waals surface area contributed by atoms with Crippen LogP contribution >= 0.6 is 0 Å². The number of hydrogen-bond donors (Lipinski definition) is 0. The second-order valence-corrected chi connectivity index (χ2v) is 6.13. The lowest BCUT2D eigenvalue weighted by Gasteiger charge is -2.22. The third-order valence-corrected chi connectivity index (χ3v) is 3.75. The van der Waals surface area contributed by atoms with E-state index >= 15 is 0 Å². The van der Waals surface area contributed by atoms with Gasteiger partial charge in [0.2, 0.25) is 0 Å². The van der Waals surface area contributed by atoms with Gasteiger partial charge >= 0.3 is 11.9 Å². The predicted molar refractivity (Wildman–Crippen MR) is 83.9 cm³/mol. The molecule has 1 atom stereocenters. The Kier molecular flexibility index (Phi) is 10.1. The highest BCUT2D eigenvalue weighted by molar-refractivity contribution is 5.99. The highest BCUT2D eigenvalue weighted by Crippen LogP contribution is 2.21. The summed E-state index contributed by atoms with van der Waals surface area (Å²) < 4.78 is 10.5. The van der Waals surface area contributed by atoms with Crippen LogP contribution in [0.1, 0.15) is 73.1 Å². The van der Waals surface area contributed by atoms with Gasteiger partial charge in [-0.25, -0.2) is 0 Å². The van der Waals surface area contributed by atoms with Gasteiger partial charge in [0.25, 0.3) is 0 Å². The first kappa shape index (κ1) is 19.9. The zero-order chi connectivity index (χ0) is 16.3. The van der Waals surface area contributed by atoms with Crippen LogP contribution < -0.4 is 0 Å². The summed E-state index contributed by atoms with van der Waals surface area (Å²) in [5.74, 6) is -0.609. The van der Waals surface area contributed by atoms with Crippen molar-refractivity contribution >= 4 is 11.9 Å². The minimum atomic E-state index is -1.23. The second kappa shape index (κ2) is 10.6. The number of esters is 2. The number of ether oxygens (including phenoxy) is 2. The van der Waals surface area contributed by atoms with E-state index in [0.717, 1.165) is 38.5 Å². The summed E-state index contributed by atoms with van der Waals surface area (Å²) in [6.07, 6.45) is 6.08. The molecule has 0 saturated carbocycles. The van der Waals surface area contributed by atoms with Crippen molar-refractivity contribution in [2.24, 2.45) is 11.3 Å². The lowest BCUT2D eigenvalue weighted by atomic mass is 9.93. The molecule has 0 aromatic heterocycles. The topological polar surface area (TPSA) is 52.6 Å². The van der Waals surface area contributed by atoms with Crippen LogP contribution in [0.15, 0.2) is 0 Å². The van der Waals surface area contributed by atoms with Gasteiger partial charge in [-0.3, -0.25) is 9.59 Å². The molecule has 124 valence electrons. The maximum absolute atomic E-state index is 12.1. The van der Waals surface area contributed by atoms with E-state index in [4.69, 9.17) is 9.47 Å². The number of unbranched alkanes of at least 4 members (excludes halogenated alkanes) is 2. The number of carbonyl (C=O) groups is 2. The molecule has 21 heavy (non-hydrogen) atoms. The van der Waals surface area contributed by atoms with E-state index in [1.165, 1.54) is 0 Å². The van der Waals surface area contributed by atoms with Gasteiger partial charge in [-0.15, -0.1) is 0 Å². The van der Waals surface area contributed by atoms with E-state index in [2.05, 4.69) is 13.8 Å². The molecule has 0 bridgehead atoms. The SMILES string of the molecule is CCCCOC(=O)C(C)(C)C(=O)OCC(CC)CCCC. The largest absolute Gasteiger partial charge is 0.465 e. The van der Waals surface area contributed by atoms with Gasteiger partial charge in [-0.2, -0.15) is 0 Å². The fourth-order valence-corrected chi connectivity index (χ4v) is 1.85. The van der Waals surface area contributed by atoms with Gasteiger partial charge < -0.3 is 9.47 Å². The van der Waals surface area contributed by atoms with Crippen LogP contribution in [0.25, 0.3) is 0 Å². The molecule has 4 heteroatoms. The molecule has 0 fully saturated rings. The minimum Gasteiger partial charge on any atom is -0.465 e. The Morgan fingerprint density at radius 3 is 2.05 bits per heavy atom. The standard InChI is InChI=1S/C17H32O4/c1-6-9-11-14(8-3)13-21-16(19)17(4,5)15(18)20-12-10-7-2/h14H,6-13H2,1-5H3. The van der Waals surface area contributed by atoms with E-state index in [9.17, 15) is 9.59 Å². The number of carbonyl (C=O) groups excluding carboxylic acids is 2. The summed E-state index contributed by atoms with van der Waals surface area (Å²) in [5.41, 5.74) is -1.23. The van der Waals surface area contributed by atoms with Crippen molar-refractivity contribution in [3.05, 3.63) is 0 Å². The number of hydrogen-bond acceptors (Lipinski definition) is 4. The minimum absolute atomic E-state index is 0.361. The molecule has 1 unspecified atom stereocenters. The molecule has 0 radical (unpaired) electrons. The lowest BCUT2D eigenvalue weighted by molar-refractivity contribution is -0.170. The second-order valence-electron chi connectivity index (χ2n) is 6.13. The summed E-state index contributed by atoms with van der Waals surface area (Å²) in [7, 11) is 0. The zero-order valence-electron chi connectivity index (χ0n) is 14.4. The molecular weight excluding hydrogens is 268 g/mol. The van der Waals surface area contributed by atoms with Crippen molar-refractivity contribution in [1.82, 2.24) is 0 Å². The molecule has 0 aromatic rings. The van der Waals surface area contributed by atoms with E-state index in [-0.39, 0.29) is 0 Å². The Bertz CT molecular complexity index is 310. The summed E-state index contributed by atoms with van der Waals surface area (Å²) in [6, 6.07) is 0. The Morgan fingerprint density at radius 1 is 0.952 bits per heavy atom. The smallest absolute Gasteiger partial charge is 0.322 e. The van der Waals surface area contributed by atoms with Crippen LogP contribution in [0, 0.1) is 11.3 Å². The summed E-state index contributed by atoms with van der Waals surface area (Å²) in [6.45, 7) is 10.1. The quantitative estimate of drug-likeness (QED) is 0.327. The van der Waals surface area contributed by atoms with Crippen molar-refractivity contribution in [3.8, 4) is 0 Å². The van der Waals surface area contributed by atoms with Crippen molar-refractivity contribution < 1.29 is 19.1 Å². The highest BCUT2D eigenvalue weighted by atomic mass is 16.6. The molecule has 0 aliphatic heterocycles. The molecule has 0 heterocycles. The molecule has 0 N–H and O–H groups in total. The fourth-order valence-electron chi connectivity index (χ4n) is 1.85. The normalized spacial score (nSPS) is 12.8. The summed E-state index contributed by atoms with van der Waals surface area (Å²) in [4.78, 5) is 24.1. The average molecular weight is 300 g/mol. The maximum atomic E-state index is 12.1. The van der Waals surface area contributed by atoms with Crippen LogP contribution in [0.2, 0.25) is 0 Å². The Hall–Kier alpha value is -1.06. The molecule has 0 aromatic carbocycles. The highest BCUT2D eigenvalue weighted by Gasteiger charge is 2.39. The van der Waals surface area contributed by atoms with Crippen LogP contribution in [0.4, 0.5) is 0 Å². The van der Waals surface area contributed by atoms with Crippen molar-refractivity contribution in [2.45, 2.75) is 73.1 Å². The number of rotatable bonds is 11. The van der Waals surface area contributed by atoms with E-state index in [0.29, 0.717) is 19.1 Å². The first-order valence-electron chi connectivity index (χ1n) is 8.24. The van der Waals surface area contributed by atoms with Crippen LogP contribution in [-0.4, -0.2) is 25.2 Å². The molecule has 0 amide bonds. The lowest BCUT2D eigenvalue weighted by Crippen LogP contribution is -2.37.